The van der Waals surface area contributed by atoms with Crippen LogP contribution in [0.25, 0.3) is 0 Å². The van der Waals surface area contributed by atoms with E-state index in [0.717, 1.165) is 17.9 Å². The molecule has 0 radical (unpaired) electrons. The van der Waals surface area contributed by atoms with Gasteiger partial charge in [-0.05, 0) is 44.9 Å². The Bertz CT molecular complexity index is 285. The third-order valence-electron chi connectivity index (χ3n) is 1.86. The molecule has 1 N–H and O–H groups in total. The maximum atomic E-state index is 4.41. The number of pyridine rings is 1. The van der Waals surface area contributed by atoms with Gasteiger partial charge >= 0.3 is 0 Å². The van der Waals surface area contributed by atoms with Crippen LogP contribution in [0.1, 0.15) is 33.5 Å². The lowest BCUT2D eigenvalue weighted by atomic mass is 10.2. The minimum atomic E-state index is 0. The smallest absolute Gasteiger partial charge is 0.126 e. The number of hydrogen-bond donors (Lipinski definition) is 1. The second-order valence-corrected chi connectivity index (χ2v) is 3.65. The highest BCUT2D eigenvalue weighted by Crippen LogP contribution is 2.11. The summed E-state index contributed by atoms with van der Waals surface area (Å²) in [4.78, 5) is 4.41. The monoisotopic (exact) mass is 180 g/mol. The van der Waals surface area contributed by atoms with Gasteiger partial charge in [-0.25, -0.2) is 4.98 Å². The summed E-state index contributed by atoms with van der Waals surface area (Å²) < 4.78 is 0. The van der Waals surface area contributed by atoms with E-state index in [0.29, 0.717) is 6.04 Å². The first kappa shape index (κ1) is 10.0. The zero-order chi connectivity index (χ0) is 9.84. The molecule has 0 atom stereocenters. The molecular formula is C11H20N2. The van der Waals surface area contributed by atoms with Gasteiger partial charge in [0.05, 0.1) is 0 Å². The average molecular weight is 180 g/mol. The molecular weight excluding hydrogens is 160 g/mol. The van der Waals surface area contributed by atoms with Gasteiger partial charge in [0.1, 0.15) is 5.82 Å². The molecule has 74 valence electrons. The zero-order valence-electron chi connectivity index (χ0n) is 8.89. The van der Waals surface area contributed by atoms with Gasteiger partial charge in [0.15, 0.2) is 0 Å². The van der Waals surface area contributed by atoms with Crippen LogP contribution in [0.5, 0.6) is 0 Å². The molecule has 0 bridgehead atoms. The molecule has 0 aliphatic heterocycles. The highest BCUT2D eigenvalue weighted by Gasteiger charge is 1.99. The van der Waals surface area contributed by atoms with E-state index in [1.807, 2.05) is 6.92 Å². The Hall–Kier alpha value is -1.05. The van der Waals surface area contributed by atoms with Crippen LogP contribution in [0.2, 0.25) is 0 Å². The second-order valence-electron chi connectivity index (χ2n) is 3.65. The summed E-state index contributed by atoms with van der Waals surface area (Å²) >= 11 is 0. The van der Waals surface area contributed by atoms with E-state index in [4.69, 9.17) is 0 Å². The van der Waals surface area contributed by atoms with Crippen LogP contribution in [-0.4, -0.2) is 11.0 Å². The first-order valence-corrected chi connectivity index (χ1v) is 4.86. The average Bonchev–Trinajstić information content (AvgIpc) is 2.01. The third kappa shape index (κ3) is 3.05. The predicted molar refractivity (Wildman–Crippen MR) is 59.2 cm³/mol. The lowest BCUT2D eigenvalue weighted by molar-refractivity contribution is 0.884. The summed E-state index contributed by atoms with van der Waals surface area (Å²) in [6.45, 7) is 8.43. The van der Waals surface area contributed by atoms with Crippen molar-refractivity contribution >= 4 is 5.82 Å². The maximum absolute atomic E-state index is 4.41. The molecule has 0 unspecified atom stereocenters. The van der Waals surface area contributed by atoms with Gasteiger partial charge in [0.2, 0.25) is 0 Å². The van der Waals surface area contributed by atoms with Crippen molar-refractivity contribution in [3.05, 3.63) is 23.4 Å². The van der Waals surface area contributed by atoms with Crippen molar-refractivity contribution in [2.75, 3.05) is 5.32 Å². The fourth-order valence-corrected chi connectivity index (χ4v) is 1.31. The molecule has 13 heavy (non-hydrogen) atoms. The van der Waals surface area contributed by atoms with Crippen LogP contribution in [0, 0.1) is 6.92 Å². The van der Waals surface area contributed by atoms with Crippen molar-refractivity contribution in [1.29, 1.82) is 0 Å². The van der Waals surface area contributed by atoms with E-state index in [2.05, 4.69) is 43.2 Å². The highest BCUT2D eigenvalue weighted by molar-refractivity contribution is 5.40. The summed E-state index contributed by atoms with van der Waals surface area (Å²) in [5.41, 5.74) is 2.43. The Morgan fingerprint density at radius 3 is 2.69 bits per heavy atom. The minimum Gasteiger partial charge on any atom is -0.368 e. The van der Waals surface area contributed by atoms with Crippen molar-refractivity contribution in [2.45, 2.75) is 40.2 Å². The van der Waals surface area contributed by atoms with E-state index in [1.54, 1.807) is 0 Å². The number of nitrogens with zero attached hydrogens (tertiary/aromatic N) is 1. The SMILES string of the molecule is CCc1cc(C)nc(NC(C)C)c1.[HH]. The van der Waals surface area contributed by atoms with Gasteiger partial charge in [-0.15, -0.1) is 0 Å². The number of aryl methyl sites for hydroxylation is 2. The molecule has 0 aromatic carbocycles. The fraction of sp³-hybridized carbons (Fsp3) is 0.545. The molecule has 0 aliphatic carbocycles. The molecule has 1 heterocycles. The first-order chi connectivity index (χ1) is 6.11. The van der Waals surface area contributed by atoms with E-state index in [-0.39, 0.29) is 1.43 Å². The van der Waals surface area contributed by atoms with Crippen molar-refractivity contribution in [3.63, 3.8) is 0 Å². The quantitative estimate of drug-likeness (QED) is 0.773. The summed E-state index contributed by atoms with van der Waals surface area (Å²) in [6.07, 6.45) is 1.07. The van der Waals surface area contributed by atoms with Crippen molar-refractivity contribution in [3.8, 4) is 0 Å². The van der Waals surface area contributed by atoms with Gasteiger partial charge in [0, 0.05) is 13.2 Å². The molecule has 1 aromatic heterocycles. The number of hydrogen-bond acceptors (Lipinski definition) is 2. The van der Waals surface area contributed by atoms with E-state index < -0.39 is 0 Å². The Balaban J connectivity index is 0.00000169. The van der Waals surface area contributed by atoms with Gasteiger partial charge < -0.3 is 5.32 Å². The topological polar surface area (TPSA) is 24.9 Å². The van der Waals surface area contributed by atoms with Crippen molar-refractivity contribution < 1.29 is 1.43 Å². The standard InChI is InChI=1S/C11H18N2.H2/c1-5-10-6-9(4)13-11(7-10)12-8(2)3;/h6-8H,5H2,1-4H3,(H,12,13);1H. The summed E-state index contributed by atoms with van der Waals surface area (Å²) in [5.74, 6) is 0.992. The van der Waals surface area contributed by atoms with Crippen LogP contribution in [0.3, 0.4) is 0 Å². The normalized spacial score (nSPS) is 10.5. The molecule has 1 rings (SSSR count). The molecule has 0 aliphatic rings. The number of nitrogens with one attached hydrogen (secondary N) is 1. The molecule has 0 saturated heterocycles. The Morgan fingerprint density at radius 2 is 2.15 bits per heavy atom. The minimum absolute atomic E-state index is 0. The van der Waals surface area contributed by atoms with Gasteiger partial charge in [-0.2, -0.15) is 0 Å². The second kappa shape index (κ2) is 4.26. The zero-order valence-corrected chi connectivity index (χ0v) is 8.89. The van der Waals surface area contributed by atoms with Gasteiger partial charge in [-0.1, -0.05) is 6.92 Å². The predicted octanol–water partition coefficient (Wildman–Crippen LogP) is 3.02. The van der Waals surface area contributed by atoms with Gasteiger partial charge in [-0.3, -0.25) is 0 Å². The van der Waals surface area contributed by atoms with Crippen molar-refractivity contribution in [2.24, 2.45) is 0 Å². The molecule has 1 aromatic rings. The van der Waals surface area contributed by atoms with E-state index >= 15 is 0 Å². The molecule has 0 amide bonds. The summed E-state index contributed by atoms with van der Waals surface area (Å²) in [5, 5.41) is 3.31. The van der Waals surface area contributed by atoms with Crippen LogP contribution < -0.4 is 5.32 Å². The number of rotatable bonds is 3. The number of aromatic nitrogens is 1. The summed E-state index contributed by atoms with van der Waals surface area (Å²) in [6, 6.07) is 4.69. The molecule has 0 fully saturated rings. The lowest BCUT2D eigenvalue weighted by Crippen LogP contribution is -2.11. The Labute approximate surface area is 81.9 Å². The Morgan fingerprint density at radius 1 is 1.46 bits per heavy atom. The van der Waals surface area contributed by atoms with E-state index in [9.17, 15) is 0 Å². The largest absolute Gasteiger partial charge is 0.368 e. The first-order valence-electron chi connectivity index (χ1n) is 4.86. The Kier molecular flexibility index (Phi) is 3.29. The van der Waals surface area contributed by atoms with Crippen LogP contribution >= 0.6 is 0 Å². The maximum Gasteiger partial charge on any atom is 0.126 e. The summed E-state index contributed by atoms with van der Waals surface area (Å²) in [7, 11) is 0. The van der Waals surface area contributed by atoms with Crippen LogP contribution in [0.4, 0.5) is 5.82 Å². The molecule has 0 spiro atoms. The van der Waals surface area contributed by atoms with Crippen LogP contribution in [-0.2, 0) is 6.42 Å². The third-order valence-corrected chi connectivity index (χ3v) is 1.86. The fourth-order valence-electron chi connectivity index (χ4n) is 1.31. The van der Waals surface area contributed by atoms with Crippen molar-refractivity contribution in [1.82, 2.24) is 4.98 Å². The molecule has 0 saturated carbocycles. The number of anilines is 1. The highest BCUT2D eigenvalue weighted by atomic mass is 15.0. The van der Waals surface area contributed by atoms with Crippen LogP contribution in [0.15, 0.2) is 12.1 Å². The van der Waals surface area contributed by atoms with Gasteiger partial charge in [0.25, 0.3) is 0 Å². The molecule has 2 nitrogen and oxygen atoms in total. The lowest BCUT2D eigenvalue weighted by Gasteiger charge is -2.10. The molecule has 2 heteroatoms. The van der Waals surface area contributed by atoms with E-state index in [1.165, 1.54) is 5.56 Å².